The van der Waals surface area contributed by atoms with Crippen molar-refractivity contribution in [1.29, 1.82) is 0 Å². The van der Waals surface area contributed by atoms with Gasteiger partial charge >= 0.3 is 0 Å². The Morgan fingerprint density at radius 2 is 1.73 bits per heavy atom. The fourth-order valence-corrected chi connectivity index (χ4v) is 2.87. The quantitative estimate of drug-likeness (QED) is 0.909. The molecule has 0 bridgehead atoms. The largest absolute Gasteiger partial charge is 0.395 e. The first-order valence-corrected chi connectivity index (χ1v) is 7.97. The van der Waals surface area contributed by atoms with Crippen molar-refractivity contribution < 1.29 is 5.11 Å². The molecular formula is C16H21ClN4O. The van der Waals surface area contributed by atoms with Crippen LogP contribution in [0, 0.1) is 0 Å². The maximum Gasteiger partial charge on any atom is 0.0646 e. The van der Waals surface area contributed by atoms with Crippen LogP contribution in [0.5, 0.6) is 0 Å². The Hall–Kier alpha value is -1.40. The highest BCUT2D eigenvalue weighted by atomic mass is 35.5. The lowest BCUT2D eigenvalue weighted by Gasteiger charge is -2.34. The highest BCUT2D eigenvalue weighted by molar-refractivity contribution is 6.30. The molecular weight excluding hydrogens is 300 g/mol. The number of benzene rings is 1. The third kappa shape index (κ3) is 3.87. The molecule has 0 amide bonds. The van der Waals surface area contributed by atoms with E-state index in [1.807, 2.05) is 35.1 Å². The van der Waals surface area contributed by atoms with Gasteiger partial charge in [-0.2, -0.15) is 5.10 Å². The molecule has 0 radical (unpaired) electrons. The molecule has 1 aromatic heterocycles. The molecule has 0 atom stereocenters. The minimum Gasteiger partial charge on any atom is -0.395 e. The van der Waals surface area contributed by atoms with Crippen molar-refractivity contribution in [3.63, 3.8) is 0 Å². The second-order valence-electron chi connectivity index (χ2n) is 5.61. The molecule has 22 heavy (non-hydrogen) atoms. The summed E-state index contributed by atoms with van der Waals surface area (Å²) in [6, 6.07) is 7.68. The maximum absolute atomic E-state index is 8.97. The zero-order valence-electron chi connectivity index (χ0n) is 12.5. The molecule has 2 aromatic rings. The van der Waals surface area contributed by atoms with Crippen LogP contribution in [0.15, 0.2) is 36.7 Å². The molecule has 1 aliphatic heterocycles. The van der Waals surface area contributed by atoms with Crippen LogP contribution in [0.2, 0.25) is 5.02 Å². The highest BCUT2D eigenvalue weighted by Gasteiger charge is 2.16. The number of β-amino-alcohol motifs (C(OH)–C–C–N with tert-alkyl or cyclic N) is 1. The summed E-state index contributed by atoms with van der Waals surface area (Å²) < 4.78 is 1.88. The standard InChI is InChI=1S/C16H21ClN4O/c17-15-1-3-16(4-2-15)21-13-14(11-18-21)12-20-7-5-19(6-8-20)9-10-22/h1-4,11,13,22H,5-10,12H2. The molecule has 1 saturated heterocycles. The molecule has 0 saturated carbocycles. The number of aromatic nitrogens is 2. The van der Waals surface area contributed by atoms with Crippen LogP contribution in [-0.2, 0) is 6.54 Å². The van der Waals surface area contributed by atoms with Gasteiger partial charge in [0, 0.05) is 56.1 Å². The summed E-state index contributed by atoms with van der Waals surface area (Å²) in [5, 5.41) is 14.1. The minimum atomic E-state index is 0.244. The van der Waals surface area contributed by atoms with Crippen LogP contribution >= 0.6 is 11.6 Å². The molecule has 3 rings (SSSR count). The van der Waals surface area contributed by atoms with Crippen LogP contribution < -0.4 is 0 Å². The van der Waals surface area contributed by atoms with E-state index in [9.17, 15) is 0 Å². The minimum absolute atomic E-state index is 0.244. The van der Waals surface area contributed by atoms with E-state index in [0.717, 1.165) is 50.0 Å². The molecule has 0 spiro atoms. The zero-order valence-corrected chi connectivity index (χ0v) is 13.3. The second kappa shape index (κ2) is 7.24. The summed E-state index contributed by atoms with van der Waals surface area (Å²) in [4.78, 5) is 4.73. The fourth-order valence-electron chi connectivity index (χ4n) is 2.75. The van der Waals surface area contributed by atoms with E-state index in [4.69, 9.17) is 16.7 Å². The first-order chi connectivity index (χ1) is 10.7. The fraction of sp³-hybridized carbons (Fsp3) is 0.438. The number of aliphatic hydroxyl groups is 1. The number of nitrogens with zero attached hydrogens (tertiary/aromatic N) is 4. The van der Waals surface area contributed by atoms with E-state index < -0.39 is 0 Å². The maximum atomic E-state index is 8.97. The average molecular weight is 321 g/mol. The Bertz CT molecular complexity index is 590. The van der Waals surface area contributed by atoms with Crippen LogP contribution in [0.4, 0.5) is 0 Å². The molecule has 0 unspecified atom stereocenters. The van der Waals surface area contributed by atoms with Gasteiger partial charge in [-0.3, -0.25) is 9.80 Å². The Labute approximate surface area is 135 Å². The van der Waals surface area contributed by atoms with E-state index >= 15 is 0 Å². The highest BCUT2D eigenvalue weighted by Crippen LogP contribution is 2.14. The van der Waals surface area contributed by atoms with Gasteiger partial charge in [-0.1, -0.05) is 11.6 Å². The molecule has 6 heteroatoms. The van der Waals surface area contributed by atoms with Crippen molar-refractivity contribution in [3.8, 4) is 5.69 Å². The number of hydrogen-bond acceptors (Lipinski definition) is 4. The summed E-state index contributed by atoms with van der Waals surface area (Å²) in [6.45, 7) is 6.05. The summed E-state index contributed by atoms with van der Waals surface area (Å²) in [6.07, 6.45) is 4.00. The predicted molar refractivity (Wildman–Crippen MR) is 87.4 cm³/mol. The first-order valence-electron chi connectivity index (χ1n) is 7.59. The van der Waals surface area contributed by atoms with Crippen LogP contribution in [0.1, 0.15) is 5.56 Å². The lowest BCUT2D eigenvalue weighted by atomic mass is 10.2. The van der Waals surface area contributed by atoms with Gasteiger partial charge in [0.15, 0.2) is 0 Å². The smallest absolute Gasteiger partial charge is 0.0646 e. The van der Waals surface area contributed by atoms with E-state index in [1.165, 1.54) is 5.56 Å². The SMILES string of the molecule is OCCN1CCN(Cc2cnn(-c3ccc(Cl)cc3)c2)CC1. The van der Waals surface area contributed by atoms with Gasteiger partial charge in [0.25, 0.3) is 0 Å². The number of rotatable bonds is 5. The zero-order chi connectivity index (χ0) is 15.4. The van der Waals surface area contributed by atoms with Gasteiger partial charge < -0.3 is 5.11 Å². The Kier molecular flexibility index (Phi) is 5.10. The van der Waals surface area contributed by atoms with Crippen molar-refractivity contribution in [3.05, 3.63) is 47.2 Å². The van der Waals surface area contributed by atoms with Gasteiger partial charge in [0.05, 0.1) is 18.5 Å². The van der Waals surface area contributed by atoms with Crippen molar-refractivity contribution >= 4 is 11.6 Å². The summed E-state index contributed by atoms with van der Waals surface area (Å²) in [5.41, 5.74) is 2.23. The Morgan fingerprint density at radius 3 is 2.41 bits per heavy atom. The third-order valence-corrected chi connectivity index (χ3v) is 4.27. The lowest BCUT2D eigenvalue weighted by Crippen LogP contribution is -2.46. The van der Waals surface area contributed by atoms with Crippen molar-refractivity contribution in [2.24, 2.45) is 0 Å². The van der Waals surface area contributed by atoms with Crippen LogP contribution in [-0.4, -0.2) is 64.0 Å². The van der Waals surface area contributed by atoms with Gasteiger partial charge in [0.1, 0.15) is 0 Å². The van der Waals surface area contributed by atoms with Crippen molar-refractivity contribution in [1.82, 2.24) is 19.6 Å². The summed E-state index contributed by atoms with van der Waals surface area (Å²) in [7, 11) is 0. The van der Waals surface area contributed by atoms with E-state index in [0.29, 0.717) is 0 Å². The number of aliphatic hydroxyl groups excluding tert-OH is 1. The van der Waals surface area contributed by atoms with Gasteiger partial charge in [-0.05, 0) is 24.3 Å². The van der Waals surface area contributed by atoms with Crippen LogP contribution in [0.3, 0.4) is 0 Å². The number of halogens is 1. The molecule has 2 heterocycles. The van der Waals surface area contributed by atoms with E-state index in [-0.39, 0.29) is 6.61 Å². The Morgan fingerprint density at radius 1 is 1.05 bits per heavy atom. The Balaban J connectivity index is 1.57. The van der Waals surface area contributed by atoms with Gasteiger partial charge in [-0.15, -0.1) is 0 Å². The van der Waals surface area contributed by atoms with Gasteiger partial charge in [-0.25, -0.2) is 4.68 Å². The monoisotopic (exact) mass is 320 g/mol. The average Bonchev–Trinajstić information content (AvgIpc) is 2.99. The first kappa shape index (κ1) is 15.5. The molecule has 118 valence electrons. The predicted octanol–water partition coefficient (Wildman–Crippen LogP) is 1.64. The van der Waals surface area contributed by atoms with Gasteiger partial charge in [0.2, 0.25) is 0 Å². The summed E-state index contributed by atoms with van der Waals surface area (Å²) in [5.74, 6) is 0. The lowest BCUT2D eigenvalue weighted by molar-refractivity contribution is 0.108. The molecule has 0 aliphatic carbocycles. The topological polar surface area (TPSA) is 44.5 Å². The number of piperazine rings is 1. The molecule has 5 nitrogen and oxygen atoms in total. The second-order valence-corrected chi connectivity index (χ2v) is 6.05. The molecule has 1 N–H and O–H groups in total. The normalized spacial score (nSPS) is 17.0. The van der Waals surface area contributed by atoms with Crippen LogP contribution in [0.25, 0.3) is 5.69 Å². The molecule has 1 aromatic carbocycles. The summed E-state index contributed by atoms with van der Waals surface area (Å²) >= 11 is 5.91. The van der Waals surface area contributed by atoms with E-state index in [2.05, 4.69) is 21.1 Å². The molecule has 1 aliphatic rings. The van der Waals surface area contributed by atoms with E-state index in [1.54, 1.807) is 0 Å². The molecule has 1 fully saturated rings. The van der Waals surface area contributed by atoms with Crippen molar-refractivity contribution in [2.75, 3.05) is 39.3 Å². The third-order valence-electron chi connectivity index (χ3n) is 4.01. The van der Waals surface area contributed by atoms with Crippen molar-refractivity contribution in [2.45, 2.75) is 6.54 Å². The number of hydrogen-bond donors (Lipinski definition) is 1.